The van der Waals surface area contributed by atoms with Crippen molar-refractivity contribution in [1.82, 2.24) is 0 Å². The number of carbonyl (C=O) groups is 2. The molecule has 1 aromatic carbocycles. The molecule has 1 aliphatic carbocycles. The number of hydrogen-bond donors (Lipinski definition) is 2. The highest BCUT2D eigenvalue weighted by molar-refractivity contribution is 5.84. The maximum Gasteiger partial charge on any atom is 0.165 e. The van der Waals surface area contributed by atoms with Crippen molar-refractivity contribution < 1.29 is 29.3 Å². The number of aldehydes is 1. The first-order valence-electron chi connectivity index (χ1n) is 6.37. The van der Waals surface area contributed by atoms with Gasteiger partial charge in [-0.3, -0.25) is 9.59 Å². The van der Waals surface area contributed by atoms with E-state index >= 15 is 0 Å². The molecular formula is C14H14O6. The molecule has 2 N–H and O–H groups in total. The Labute approximate surface area is 114 Å². The van der Waals surface area contributed by atoms with E-state index in [9.17, 15) is 14.7 Å². The van der Waals surface area contributed by atoms with E-state index in [2.05, 4.69) is 0 Å². The lowest BCUT2D eigenvalue weighted by molar-refractivity contribution is -0.134. The van der Waals surface area contributed by atoms with E-state index < -0.39 is 19.0 Å². The fraction of sp³-hybridized carbons (Fsp3) is 0.429. The number of hydrogen-bond acceptors (Lipinski definition) is 6. The normalized spacial score (nSPS) is 27.6. The number of phenols is 1. The zero-order valence-corrected chi connectivity index (χ0v) is 10.6. The lowest BCUT2D eigenvalue weighted by Gasteiger charge is -2.31. The molecule has 0 aromatic heterocycles. The van der Waals surface area contributed by atoms with Crippen molar-refractivity contribution in [3.63, 3.8) is 0 Å². The number of ether oxygens (including phenoxy) is 2. The predicted octanol–water partition coefficient (Wildman–Crippen LogP) is 0.747. The molecule has 3 rings (SSSR count). The van der Waals surface area contributed by atoms with Crippen LogP contribution in [0, 0.1) is 0 Å². The maximum absolute atomic E-state index is 11.7. The molecule has 6 nitrogen and oxygen atoms in total. The van der Waals surface area contributed by atoms with Crippen LogP contribution in [0.5, 0.6) is 11.5 Å². The number of aromatic hydroxyl groups is 1. The number of ketones is 1. The van der Waals surface area contributed by atoms with Crippen LogP contribution in [-0.4, -0.2) is 41.3 Å². The van der Waals surface area contributed by atoms with Crippen LogP contribution >= 0.6 is 0 Å². The van der Waals surface area contributed by atoms with Gasteiger partial charge < -0.3 is 19.7 Å². The van der Waals surface area contributed by atoms with Crippen molar-refractivity contribution in [2.24, 2.45) is 0 Å². The predicted molar refractivity (Wildman–Crippen MR) is 66.9 cm³/mol. The highest BCUT2D eigenvalue weighted by Gasteiger charge is 2.47. The van der Waals surface area contributed by atoms with Gasteiger partial charge >= 0.3 is 0 Å². The summed E-state index contributed by atoms with van der Waals surface area (Å²) in [7, 11) is 0. The van der Waals surface area contributed by atoms with Crippen LogP contribution in [0.25, 0.3) is 0 Å². The van der Waals surface area contributed by atoms with E-state index in [1.807, 2.05) is 0 Å². The molecule has 1 fully saturated rings. The Kier molecular flexibility index (Phi) is 3.19. The van der Waals surface area contributed by atoms with Crippen LogP contribution in [0.2, 0.25) is 0 Å². The van der Waals surface area contributed by atoms with Gasteiger partial charge in [0.2, 0.25) is 0 Å². The topological polar surface area (TPSA) is 93.1 Å². The molecular weight excluding hydrogens is 264 g/mol. The third-order valence-corrected chi connectivity index (χ3v) is 3.89. The van der Waals surface area contributed by atoms with Gasteiger partial charge in [-0.2, -0.15) is 0 Å². The summed E-state index contributed by atoms with van der Waals surface area (Å²) < 4.78 is 10.9. The number of rotatable bonds is 3. The first-order chi connectivity index (χ1) is 9.65. The first-order valence-corrected chi connectivity index (χ1v) is 6.37. The largest absolute Gasteiger partial charge is 0.504 e. The standard InChI is InChI=1S/C14H14O6/c15-5-7-1-2-9(18)14-12(7)13-10(19-6-16)3-8(17)4-11(13)20-14/h1-2,5,10-11,13,16,18H,3-4,6H2/t10-,11-,13?/m0/s1. The highest BCUT2D eigenvalue weighted by Crippen LogP contribution is 2.50. The van der Waals surface area contributed by atoms with Gasteiger partial charge in [-0.15, -0.1) is 0 Å². The van der Waals surface area contributed by atoms with Gasteiger partial charge in [-0.05, 0) is 12.1 Å². The second kappa shape index (κ2) is 4.88. The van der Waals surface area contributed by atoms with Crippen molar-refractivity contribution in [1.29, 1.82) is 0 Å². The molecule has 1 unspecified atom stereocenters. The van der Waals surface area contributed by atoms with Crippen LogP contribution in [-0.2, 0) is 9.53 Å². The molecule has 1 heterocycles. The highest BCUT2D eigenvalue weighted by atomic mass is 16.6. The fourth-order valence-corrected chi connectivity index (χ4v) is 3.10. The second-order valence-corrected chi connectivity index (χ2v) is 5.00. The number of phenolic OH excluding ortho intramolecular Hbond substituents is 1. The quantitative estimate of drug-likeness (QED) is 0.626. The van der Waals surface area contributed by atoms with Gasteiger partial charge in [0.05, 0.1) is 12.0 Å². The van der Waals surface area contributed by atoms with Crippen molar-refractivity contribution in [2.45, 2.75) is 31.0 Å². The summed E-state index contributed by atoms with van der Waals surface area (Å²) in [6.45, 7) is -0.508. The van der Waals surface area contributed by atoms with Crippen molar-refractivity contribution in [2.75, 3.05) is 6.79 Å². The second-order valence-electron chi connectivity index (χ2n) is 5.00. The molecule has 20 heavy (non-hydrogen) atoms. The van der Waals surface area contributed by atoms with Gasteiger partial charge in [0.1, 0.15) is 25.0 Å². The molecule has 0 saturated heterocycles. The van der Waals surface area contributed by atoms with Gasteiger partial charge in [-0.25, -0.2) is 0 Å². The van der Waals surface area contributed by atoms with Crippen molar-refractivity contribution in [3.05, 3.63) is 23.3 Å². The summed E-state index contributed by atoms with van der Waals surface area (Å²) in [5.74, 6) is -0.173. The summed E-state index contributed by atoms with van der Waals surface area (Å²) in [6.07, 6.45) is 0.0555. The van der Waals surface area contributed by atoms with Crippen LogP contribution in [0.1, 0.15) is 34.7 Å². The van der Waals surface area contributed by atoms with E-state index in [1.165, 1.54) is 12.1 Å². The van der Waals surface area contributed by atoms with E-state index in [4.69, 9.17) is 14.6 Å². The van der Waals surface area contributed by atoms with Crippen LogP contribution in [0.3, 0.4) is 0 Å². The molecule has 1 aliphatic heterocycles. The fourth-order valence-electron chi connectivity index (χ4n) is 3.10. The molecule has 1 aromatic rings. The maximum atomic E-state index is 11.7. The SMILES string of the molecule is O=Cc1ccc(O)c2c1C1[C@@H](OCO)CC(=O)C[C@@H]1O2. The minimum atomic E-state index is -0.548. The Morgan fingerprint density at radius 2 is 2.20 bits per heavy atom. The molecule has 1 saturated carbocycles. The number of Topliss-reactive ketones (excluding diaryl/α,β-unsaturated/α-hetero) is 1. The third kappa shape index (κ3) is 1.88. The number of aliphatic hydroxyl groups is 1. The number of aliphatic hydroxyl groups excluding tert-OH is 1. The summed E-state index contributed by atoms with van der Waals surface area (Å²) in [5, 5.41) is 18.8. The Morgan fingerprint density at radius 1 is 1.40 bits per heavy atom. The van der Waals surface area contributed by atoms with Crippen molar-refractivity contribution in [3.8, 4) is 11.5 Å². The molecule has 0 amide bonds. The average molecular weight is 278 g/mol. The number of carbonyl (C=O) groups excluding carboxylic acids is 2. The monoisotopic (exact) mass is 278 g/mol. The lowest BCUT2D eigenvalue weighted by Crippen LogP contribution is -2.40. The molecule has 6 heteroatoms. The minimum absolute atomic E-state index is 0.0235. The molecule has 0 spiro atoms. The van der Waals surface area contributed by atoms with E-state index in [-0.39, 0.29) is 36.0 Å². The smallest absolute Gasteiger partial charge is 0.165 e. The number of benzene rings is 1. The summed E-state index contributed by atoms with van der Waals surface area (Å²) in [5.41, 5.74) is 0.974. The third-order valence-electron chi connectivity index (χ3n) is 3.89. The van der Waals surface area contributed by atoms with Crippen LogP contribution < -0.4 is 4.74 Å². The van der Waals surface area contributed by atoms with E-state index in [0.29, 0.717) is 17.4 Å². The van der Waals surface area contributed by atoms with Crippen LogP contribution in [0.4, 0.5) is 0 Å². The van der Waals surface area contributed by atoms with Crippen molar-refractivity contribution >= 4 is 12.1 Å². The van der Waals surface area contributed by atoms with E-state index in [1.54, 1.807) is 0 Å². The van der Waals surface area contributed by atoms with Gasteiger partial charge in [0, 0.05) is 24.0 Å². The zero-order valence-electron chi connectivity index (χ0n) is 10.6. The lowest BCUT2D eigenvalue weighted by atomic mass is 9.78. The molecule has 2 aliphatic rings. The Hall–Kier alpha value is -1.92. The zero-order chi connectivity index (χ0) is 14.3. The van der Waals surface area contributed by atoms with Crippen LogP contribution in [0.15, 0.2) is 12.1 Å². The Balaban J connectivity index is 2.09. The van der Waals surface area contributed by atoms with Gasteiger partial charge in [-0.1, -0.05) is 0 Å². The molecule has 0 bridgehead atoms. The molecule has 3 atom stereocenters. The van der Waals surface area contributed by atoms with Gasteiger partial charge in [0.15, 0.2) is 11.5 Å². The summed E-state index contributed by atoms with van der Waals surface area (Å²) in [4.78, 5) is 22.9. The average Bonchev–Trinajstić information content (AvgIpc) is 2.80. The van der Waals surface area contributed by atoms with Gasteiger partial charge in [0.25, 0.3) is 0 Å². The minimum Gasteiger partial charge on any atom is -0.504 e. The summed E-state index contributed by atoms with van der Waals surface area (Å²) >= 11 is 0. The van der Waals surface area contributed by atoms with E-state index in [0.717, 1.165) is 0 Å². The Morgan fingerprint density at radius 3 is 2.90 bits per heavy atom. The Bertz CT molecular complexity index is 567. The number of fused-ring (bicyclic) bond motifs is 3. The summed E-state index contributed by atoms with van der Waals surface area (Å²) in [6, 6.07) is 2.91. The first kappa shape index (κ1) is 13.1. The molecule has 106 valence electrons. The molecule has 0 radical (unpaired) electrons.